The van der Waals surface area contributed by atoms with Crippen LogP contribution in [0.3, 0.4) is 0 Å². The van der Waals surface area contributed by atoms with Crippen molar-refractivity contribution in [1.82, 2.24) is 4.31 Å². The third kappa shape index (κ3) is 2.71. The molecule has 20 heavy (non-hydrogen) atoms. The van der Waals surface area contributed by atoms with Crippen molar-refractivity contribution >= 4 is 31.7 Å². The number of rotatable bonds is 2. The van der Waals surface area contributed by atoms with Crippen LogP contribution in [0.5, 0.6) is 0 Å². The molecule has 5 heteroatoms. The van der Waals surface area contributed by atoms with E-state index < -0.39 is 10.0 Å². The monoisotopic (exact) mass is 308 g/mol. The SMILES string of the molecule is CS(=O)(=O)N1CC[S+](c2cccc3ccccc23)CC1. The molecule has 0 radical (unpaired) electrons. The number of fused-ring (bicyclic) bond motifs is 1. The van der Waals surface area contributed by atoms with Gasteiger partial charge in [-0.25, -0.2) is 8.42 Å². The van der Waals surface area contributed by atoms with Crippen molar-refractivity contribution in [3.8, 4) is 0 Å². The molecule has 2 aromatic carbocycles. The fourth-order valence-corrected chi connectivity index (χ4v) is 6.01. The molecular formula is C15H18NO2S2+. The molecule has 0 amide bonds. The van der Waals surface area contributed by atoms with Crippen LogP contribution in [0.4, 0.5) is 0 Å². The van der Waals surface area contributed by atoms with Gasteiger partial charge in [0.1, 0.15) is 11.5 Å². The number of sulfonamides is 1. The maximum atomic E-state index is 11.6. The Balaban J connectivity index is 1.87. The molecule has 0 unspecified atom stereocenters. The summed E-state index contributed by atoms with van der Waals surface area (Å²) in [4.78, 5) is 1.39. The Kier molecular flexibility index (Phi) is 3.75. The van der Waals surface area contributed by atoms with E-state index in [1.54, 1.807) is 4.31 Å². The normalized spacial score (nSPS) is 18.4. The summed E-state index contributed by atoms with van der Waals surface area (Å²) in [5.41, 5.74) is 0. The molecule has 1 aliphatic rings. The summed E-state index contributed by atoms with van der Waals surface area (Å²) in [5, 5.41) is 2.58. The fraction of sp³-hybridized carbons (Fsp3) is 0.333. The van der Waals surface area contributed by atoms with E-state index >= 15 is 0 Å². The molecule has 3 nitrogen and oxygen atoms in total. The van der Waals surface area contributed by atoms with Crippen molar-refractivity contribution in [2.75, 3.05) is 30.9 Å². The van der Waals surface area contributed by atoms with Gasteiger partial charge in [-0.1, -0.05) is 30.3 Å². The Labute approximate surface area is 123 Å². The molecule has 1 saturated heterocycles. The topological polar surface area (TPSA) is 37.4 Å². The standard InChI is InChI=1S/C15H18NO2S2/c1-20(17,18)16-9-11-19(12-10-16)15-8-4-6-13-5-2-3-7-14(13)15/h2-8H,9-12H2,1H3/q+1. The second kappa shape index (κ2) is 5.39. The maximum Gasteiger partial charge on any atom is 0.211 e. The quantitative estimate of drug-likeness (QED) is 0.797. The molecule has 1 heterocycles. The van der Waals surface area contributed by atoms with Crippen LogP contribution in [0.1, 0.15) is 0 Å². The zero-order chi connectivity index (χ0) is 14.2. The highest BCUT2D eigenvalue weighted by Crippen LogP contribution is 2.27. The van der Waals surface area contributed by atoms with Gasteiger partial charge in [-0.05, 0) is 17.5 Å². The molecule has 0 saturated carbocycles. The first kappa shape index (κ1) is 13.9. The first-order chi connectivity index (χ1) is 9.55. The molecule has 2 aromatic rings. The minimum atomic E-state index is -3.04. The van der Waals surface area contributed by atoms with Crippen LogP contribution in [0.15, 0.2) is 47.4 Å². The first-order valence-corrected chi connectivity index (χ1v) is 10.1. The maximum absolute atomic E-state index is 11.6. The number of benzene rings is 2. The lowest BCUT2D eigenvalue weighted by molar-refractivity contribution is 0.446. The molecule has 3 rings (SSSR count). The molecule has 0 aromatic heterocycles. The van der Waals surface area contributed by atoms with E-state index in [4.69, 9.17) is 0 Å². The minimum Gasteiger partial charge on any atom is -0.212 e. The van der Waals surface area contributed by atoms with Gasteiger partial charge in [-0.2, -0.15) is 4.31 Å². The molecule has 0 bridgehead atoms. The molecule has 0 atom stereocenters. The predicted octanol–water partition coefficient (Wildman–Crippen LogP) is 2.09. The predicted molar refractivity (Wildman–Crippen MR) is 85.7 cm³/mol. The average Bonchev–Trinajstić information content (AvgIpc) is 2.46. The lowest BCUT2D eigenvalue weighted by Crippen LogP contribution is -2.43. The van der Waals surface area contributed by atoms with Crippen LogP contribution in [0, 0.1) is 0 Å². The minimum absolute atomic E-state index is 0.156. The van der Waals surface area contributed by atoms with Gasteiger partial charge in [0.25, 0.3) is 0 Å². The second-order valence-electron chi connectivity index (χ2n) is 5.04. The fourth-order valence-electron chi connectivity index (χ4n) is 2.64. The molecule has 106 valence electrons. The highest BCUT2D eigenvalue weighted by atomic mass is 32.2. The Morgan fingerprint density at radius 3 is 2.35 bits per heavy atom. The van der Waals surface area contributed by atoms with Gasteiger partial charge >= 0.3 is 0 Å². The highest BCUT2D eigenvalue weighted by Gasteiger charge is 2.33. The lowest BCUT2D eigenvalue weighted by Gasteiger charge is -2.24. The molecule has 1 aliphatic heterocycles. The third-order valence-electron chi connectivity index (χ3n) is 3.70. The number of hydrogen-bond donors (Lipinski definition) is 0. The van der Waals surface area contributed by atoms with Crippen LogP contribution in [0.2, 0.25) is 0 Å². The smallest absolute Gasteiger partial charge is 0.211 e. The van der Waals surface area contributed by atoms with E-state index in [0.717, 1.165) is 11.5 Å². The van der Waals surface area contributed by atoms with Gasteiger partial charge in [0.05, 0.1) is 19.3 Å². The van der Waals surface area contributed by atoms with E-state index in [0.29, 0.717) is 13.1 Å². The van der Waals surface area contributed by atoms with Crippen molar-refractivity contribution in [2.24, 2.45) is 0 Å². The summed E-state index contributed by atoms with van der Waals surface area (Å²) in [5.74, 6) is 1.86. The summed E-state index contributed by atoms with van der Waals surface area (Å²) in [6.45, 7) is 1.29. The van der Waals surface area contributed by atoms with Crippen LogP contribution in [-0.2, 0) is 20.9 Å². The summed E-state index contributed by atoms with van der Waals surface area (Å²) in [6.07, 6.45) is 1.30. The second-order valence-corrected chi connectivity index (χ2v) is 9.26. The van der Waals surface area contributed by atoms with Gasteiger partial charge in [0, 0.05) is 16.3 Å². The first-order valence-electron chi connectivity index (χ1n) is 6.66. The van der Waals surface area contributed by atoms with Crippen molar-refractivity contribution in [1.29, 1.82) is 0 Å². The van der Waals surface area contributed by atoms with Crippen LogP contribution in [-0.4, -0.2) is 43.6 Å². The summed E-state index contributed by atoms with van der Waals surface area (Å²) in [6, 6.07) is 14.9. The van der Waals surface area contributed by atoms with Crippen molar-refractivity contribution in [2.45, 2.75) is 4.90 Å². The van der Waals surface area contributed by atoms with Crippen LogP contribution in [0.25, 0.3) is 10.8 Å². The largest absolute Gasteiger partial charge is 0.212 e. The van der Waals surface area contributed by atoms with Crippen LogP contribution < -0.4 is 0 Å². The Morgan fingerprint density at radius 1 is 1.00 bits per heavy atom. The molecular weight excluding hydrogens is 290 g/mol. The molecule has 1 fully saturated rings. The van der Waals surface area contributed by atoms with Gasteiger partial charge in [-0.3, -0.25) is 0 Å². The van der Waals surface area contributed by atoms with E-state index in [1.807, 2.05) is 0 Å². The Morgan fingerprint density at radius 2 is 1.65 bits per heavy atom. The lowest BCUT2D eigenvalue weighted by atomic mass is 10.1. The number of nitrogens with zero attached hydrogens (tertiary/aromatic N) is 1. The van der Waals surface area contributed by atoms with E-state index in [2.05, 4.69) is 42.5 Å². The van der Waals surface area contributed by atoms with Gasteiger partial charge in [-0.15, -0.1) is 0 Å². The third-order valence-corrected chi connectivity index (χ3v) is 7.34. The number of hydrogen-bond acceptors (Lipinski definition) is 2. The zero-order valence-corrected chi connectivity index (χ0v) is 13.1. The molecule has 0 aliphatic carbocycles. The average molecular weight is 308 g/mol. The van der Waals surface area contributed by atoms with Crippen molar-refractivity contribution in [3.05, 3.63) is 42.5 Å². The summed E-state index contributed by atoms with van der Waals surface area (Å²) in [7, 11) is -2.88. The van der Waals surface area contributed by atoms with Gasteiger partial charge in [0.15, 0.2) is 4.90 Å². The van der Waals surface area contributed by atoms with E-state index in [-0.39, 0.29) is 10.9 Å². The van der Waals surface area contributed by atoms with E-state index in [1.165, 1.54) is 21.9 Å². The summed E-state index contributed by atoms with van der Waals surface area (Å²) < 4.78 is 24.7. The summed E-state index contributed by atoms with van der Waals surface area (Å²) >= 11 is 0. The molecule has 0 spiro atoms. The Bertz CT molecular complexity index is 714. The van der Waals surface area contributed by atoms with Crippen LogP contribution >= 0.6 is 0 Å². The van der Waals surface area contributed by atoms with Gasteiger partial charge in [0.2, 0.25) is 10.0 Å². The van der Waals surface area contributed by atoms with Crippen molar-refractivity contribution < 1.29 is 8.42 Å². The van der Waals surface area contributed by atoms with Crippen molar-refractivity contribution in [3.63, 3.8) is 0 Å². The van der Waals surface area contributed by atoms with Gasteiger partial charge < -0.3 is 0 Å². The molecule has 0 N–H and O–H groups in total. The Hall–Kier alpha value is -1.04. The zero-order valence-electron chi connectivity index (χ0n) is 11.5. The van der Waals surface area contributed by atoms with E-state index in [9.17, 15) is 8.42 Å². The highest BCUT2D eigenvalue weighted by molar-refractivity contribution is 7.97.